The first-order valence-electron chi connectivity index (χ1n) is 6.86. The minimum absolute atomic E-state index is 0.0530. The Balaban J connectivity index is 2.20. The zero-order valence-electron chi connectivity index (χ0n) is 12.5. The van der Waals surface area contributed by atoms with E-state index in [1.165, 1.54) is 11.3 Å². The molecule has 2 heterocycles. The number of hydrogen-bond acceptors (Lipinski definition) is 4. The highest BCUT2D eigenvalue weighted by atomic mass is 79.9. The van der Waals surface area contributed by atoms with Gasteiger partial charge in [0.05, 0.1) is 5.69 Å². The molecule has 1 aromatic carbocycles. The van der Waals surface area contributed by atoms with Crippen LogP contribution in [0.1, 0.15) is 32.1 Å². The number of rotatable bonds is 2. The Hall–Kier alpha value is -1.72. The van der Waals surface area contributed by atoms with Gasteiger partial charge in [0.15, 0.2) is 0 Å². The van der Waals surface area contributed by atoms with Gasteiger partial charge in [0.1, 0.15) is 9.71 Å². The number of benzene rings is 1. The van der Waals surface area contributed by atoms with Gasteiger partial charge in [-0.15, -0.1) is 11.3 Å². The molecule has 0 aliphatic heterocycles. The molecule has 0 unspecified atom stereocenters. The highest BCUT2D eigenvalue weighted by Crippen LogP contribution is 2.37. The van der Waals surface area contributed by atoms with E-state index in [1.54, 1.807) is 12.1 Å². The average Bonchev–Trinajstić information content (AvgIpc) is 2.82. The van der Waals surface area contributed by atoms with E-state index in [-0.39, 0.29) is 5.78 Å². The van der Waals surface area contributed by atoms with Gasteiger partial charge in [-0.05, 0) is 56.2 Å². The first kappa shape index (κ1) is 15.2. The van der Waals surface area contributed by atoms with Crippen molar-refractivity contribution in [1.29, 1.82) is 0 Å². The molecule has 0 spiro atoms. The Morgan fingerprint density at radius 2 is 1.77 bits per heavy atom. The lowest BCUT2D eigenvalue weighted by Crippen LogP contribution is -2.02. The lowest BCUT2D eigenvalue weighted by atomic mass is 10.0. The third-order valence-electron chi connectivity index (χ3n) is 3.99. The van der Waals surface area contributed by atoms with Crippen molar-refractivity contribution < 1.29 is 4.79 Å². The highest BCUT2D eigenvalue weighted by Gasteiger charge is 2.21. The molecule has 0 aliphatic rings. The molecule has 0 radical (unpaired) electrons. The van der Waals surface area contributed by atoms with Crippen LogP contribution in [0.25, 0.3) is 10.2 Å². The zero-order valence-corrected chi connectivity index (χ0v) is 14.9. The van der Waals surface area contributed by atoms with Crippen molar-refractivity contribution in [1.82, 2.24) is 4.98 Å². The number of hydrogen-bond donors (Lipinski definition) is 1. The van der Waals surface area contributed by atoms with E-state index >= 15 is 0 Å². The van der Waals surface area contributed by atoms with Crippen molar-refractivity contribution in [3.63, 3.8) is 0 Å². The Kier molecular flexibility index (Phi) is 3.78. The van der Waals surface area contributed by atoms with Crippen LogP contribution < -0.4 is 5.73 Å². The van der Waals surface area contributed by atoms with E-state index in [9.17, 15) is 4.79 Å². The van der Waals surface area contributed by atoms with Crippen molar-refractivity contribution in [2.45, 2.75) is 20.8 Å². The van der Waals surface area contributed by atoms with Crippen molar-refractivity contribution in [3.05, 3.63) is 56.0 Å². The largest absolute Gasteiger partial charge is 0.397 e. The molecule has 0 saturated heterocycles. The summed E-state index contributed by atoms with van der Waals surface area (Å²) < 4.78 is 0.942. The van der Waals surface area contributed by atoms with Crippen LogP contribution in [-0.4, -0.2) is 10.8 Å². The number of aryl methyl sites for hydroxylation is 2. The van der Waals surface area contributed by atoms with Gasteiger partial charge in [-0.2, -0.15) is 0 Å². The van der Waals surface area contributed by atoms with E-state index in [0.29, 0.717) is 16.1 Å². The maximum Gasteiger partial charge on any atom is 0.205 e. The smallest absolute Gasteiger partial charge is 0.205 e. The molecule has 0 fully saturated rings. The first-order valence-corrected chi connectivity index (χ1v) is 8.47. The predicted octanol–water partition coefficient (Wildman–Crippen LogP) is 4.80. The number of nitrogens with zero attached hydrogens (tertiary/aromatic N) is 1. The second kappa shape index (κ2) is 5.48. The summed E-state index contributed by atoms with van der Waals surface area (Å²) in [5.41, 5.74) is 10.6. The minimum atomic E-state index is -0.0530. The SMILES string of the molecule is Cc1nc2sc(C(=O)c3ccc(Br)cc3)c(N)c2c(C)c1C. The lowest BCUT2D eigenvalue weighted by Gasteiger charge is -2.05. The average molecular weight is 375 g/mol. The van der Waals surface area contributed by atoms with Gasteiger partial charge < -0.3 is 5.73 Å². The molecular formula is C17H15BrN2OS. The number of anilines is 1. The van der Waals surface area contributed by atoms with E-state index in [1.807, 2.05) is 32.9 Å². The molecule has 3 rings (SSSR count). The van der Waals surface area contributed by atoms with Gasteiger partial charge >= 0.3 is 0 Å². The zero-order chi connectivity index (χ0) is 16.0. The minimum Gasteiger partial charge on any atom is -0.397 e. The Morgan fingerprint density at radius 1 is 1.14 bits per heavy atom. The monoisotopic (exact) mass is 374 g/mol. The number of aromatic nitrogens is 1. The Morgan fingerprint density at radius 3 is 2.41 bits per heavy atom. The molecular weight excluding hydrogens is 360 g/mol. The normalized spacial score (nSPS) is 11.1. The van der Waals surface area contributed by atoms with Gasteiger partial charge in [0, 0.05) is 21.1 Å². The second-order valence-corrected chi connectivity index (χ2v) is 7.22. The summed E-state index contributed by atoms with van der Waals surface area (Å²) in [6, 6.07) is 7.31. The summed E-state index contributed by atoms with van der Waals surface area (Å²) in [6.07, 6.45) is 0. The number of carbonyl (C=O) groups excluding carboxylic acids is 1. The molecule has 0 saturated carbocycles. The number of ketones is 1. The van der Waals surface area contributed by atoms with E-state index < -0.39 is 0 Å². The predicted molar refractivity (Wildman–Crippen MR) is 95.8 cm³/mol. The van der Waals surface area contributed by atoms with E-state index in [0.717, 1.165) is 31.5 Å². The lowest BCUT2D eigenvalue weighted by molar-refractivity contribution is 0.104. The van der Waals surface area contributed by atoms with Crippen LogP contribution in [0.2, 0.25) is 0 Å². The summed E-state index contributed by atoms with van der Waals surface area (Å²) in [5, 5.41) is 0.911. The molecule has 0 amide bonds. The summed E-state index contributed by atoms with van der Waals surface area (Å²) in [7, 11) is 0. The van der Waals surface area contributed by atoms with Crippen LogP contribution in [0.3, 0.4) is 0 Å². The molecule has 0 bridgehead atoms. The Labute approximate surface area is 141 Å². The van der Waals surface area contributed by atoms with Crippen LogP contribution in [0.5, 0.6) is 0 Å². The molecule has 2 aromatic heterocycles. The molecule has 0 atom stereocenters. The van der Waals surface area contributed by atoms with Crippen LogP contribution in [0, 0.1) is 20.8 Å². The summed E-state index contributed by atoms with van der Waals surface area (Å²) in [6.45, 7) is 6.04. The van der Waals surface area contributed by atoms with Crippen molar-refractivity contribution >= 4 is 49.0 Å². The van der Waals surface area contributed by atoms with Crippen molar-refractivity contribution in [2.24, 2.45) is 0 Å². The van der Waals surface area contributed by atoms with E-state index in [4.69, 9.17) is 5.73 Å². The molecule has 5 heteroatoms. The highest BCUT2D eigenvalue weighted by molar-refractivity contribution is 9.10. The van der Waals surface area contributed by atoms with Crippen LogP contribution in [-0.2, 0) is 0 Å². The maximum absolute atomic E-state index is 12.7. The summed E-state index contributed by atoms with van der Waals surface area (Å²) in [5.74, 6) is -0.0530. The van der Waals surface area contributed by atoms with Gasteiger partial charge in [-0.1, -0.05) is 15.9 Å². The molecule has 22 heavy (non-hydrogen) atoms. The maximum atomic E-state index is 12.7. The van der Waals surface area contributed by atoms with Gasteiger partial charge in [0.2, 0.25) is 5.78 Å². The molecule has 3 aromatic rings. The molecule has 112 valence electrons. The molecule has 2 N–H and O–H groups in total. The number of nitrogen functional groups attached to an aromatic ring is 1. The van der Waals surface area contributed by atoms with Crippen molar-refractivity contribution in [3.8, 4) is 0 Å². The second-order valence-electron chi connectivity index (χ2n) is 5.31. The fraction of sp³-hybridized carbons (Fsp3) is 0.176. The number of halogens is 1. The molecule has 0 aliphatic carbocycles. The number of fused-ring (bicyclic) bond motifs is 1. The van der Waals surface area contributed by atoms with Gasteiger partial charge in [-0.25, -0.2) is 4.98 Å². The van der Waals surface area contributed by atoms with Crippen LogP contribution >= 0.6 is 27.3 Å². The van der Waals surface area contributed by atoms with Crippen LogP contribution in [0.4, 0.5) is 5.69 Å². The van der Waals surface area contributed by atoms with Crippen LogP contribution in [0.15, 0.2) is 28.7 Å². The number of nitrogens with two attached hydrogens (primary N) is 1. The number of pyridine rings is 1. The first-order chi connectivity index (χ1) is 10.4. The van der Waals surface area contributed by atoms with Gasteiger partial charge in [0.25, 0.3) is 0 Å². The number of carbonyl (C=O) groups is 1. The third-order valence-corrected chi connectivity index (χ3v) is 5.62. The van der Waals surface area contributed by atoms with Crippen molar-refractivity contribution in [2.75, 3.05) is 5.73 Å². The Bertz CT molecular complexity index is 897. The number of thiophene rings is 1. The quantitative estimate of drug-likeness (QED) is 0.655. The van der Waals surface area contributed by atoms with E-state index in [2.05, 4.69) is 20.9 Å². The third kappa shape index (κ3) is 2.34. The standard InChI is InChI=1S/C17H15BrN2OS/c1-8-9(2)13-14(19)16(22-17(13)20-10(8)3)15(21)11-4-6-12(18)7-5-11/h4-7H,19H2,1-3H3. The summed E-state index contributed by atoms with van der Waals surface area (Å²) >= 11 is 4.75. The summed E-state index contributed by atoms with van der Waals surface area (Å²) in [4.78, 5) is 18.7. The van der Waals surface area contributed by atoms with Gasteiger partial charge in [-0.3, -0.25) is 4.79 Å². The topological polar surface area (TPSA) is 56.0 Å². The fourth-order valence-corrected chi connectivity index (χ4v) is 3.90. The fourth-order valence-electron chi connectivity index (χ4n) is 2.47. The molecule has 3 nitrogen and oxygen atoms in total.